The molecule has 0 saturated heterocycles. The maximum Gasteiger partial charge on any atom is 0.334 e. The van der Waals surface area contributed by atoms with Gasteiger partial charge in [-0.05, 0) is 11.6 Å². The first-order chi connectivity index (χ1) is 7.54. The number of fused-ring (bicyclic) bond motifs is 1. The van der Waals surface area contributed by atoms with Crippen molar-refractivity contribution in [1.29, 1.82) is 0 Å². The minimum atomic E-state index is -4.08. The van der Waals surface area contributed by atoms with E-state index in [4.69, 9.17) is 0 Å². The van der Waals surface area contributed by atoms with E-state index in [2.05, 4.69) is 6.58 Å². The number of rotatable bonds is 3. The first-order valence-electron chi connectivity index (χ1n) is 5.04. The normalized spacial score (nSPS) is 19.6. The Bertz CT molecular complexity index is 454. The second-order valence-electron chi connectivity index (χ2n) is 3.86. The molecule has 1 aromatic carbocycles. The van der Waals surface area contributed by atoms with Crippen LogP contribution in [0.3, 0.4) is 0 Å². The van der Waals surface area contributed by atoms with Crippen molar-refractivity contribution in [1.82, 2.24) is 0 Å². The van der Waals surface area contributed by atoms with E-state index in [-0.39, 0.29) is 0 Å². The van der Waals surface area contributed by atoms with Crippen LogP contribution in [0.2, 0.25) is 0 Å². The maximum absolute atomic E-state index is 11.4. The predicted octanol–water partition coefficient (Wildman–Crippen LogP) is 1.91. The molecule has 5 heteroatoms. The Morgan fingerprint density at radius 2 is 2.19 bits per heavy atom. The Kier molecular flexibility index (Phi) is 2.89. The standard InChI is InChI=1S/C11H14NO3P/c1-2-7-12-8-11(16(13,14)15)9-5-3-4-6-10(9)12/h2-6,11H,1,7-8H2,(H2,13,14,15). The average Bonchev–Trinajstić information content (AvgIpc) is 2.58. The van der Waals surface area contributed by atoms with E-state index in [1.54, 1.807) is 18.2 Å². The smallest absolute Gasteiger partial charge is 0.334 e. The molecule has 0 bridgehead atoms. The van der Waals surface area contributed by atoms with Crippen molar-refractivity contribution in [3.05, 3.63) is 42.5 Å². The van der Waals surface area contributed by atoms with Crippen LogP contribution in [-0.2, 0) is 4.57 Å². The minimum absolute atomic E-state index is 0.357. The van der Waals surface area contributed by atoms with Crippen molar-refractivity contribution < 1.29 is 14.4 Å². The van der Waals surface area contributed by atoms with Crippen LogP contribution < -0.4 is 4.90 Å². The highest BCUT2D eigenvalue weighted by Crippen LogP contribution is 2.57. The fourth-order valence-electron chi connectivity index (χ4n) is 2.08. The Hall–Kier alpha value is -1.09. The van der Waals surface area contributed by atoms with Gasteiger partial charge in [-0.1, -0.05) is 24.3 Å². The third-order valence-corrected chi connectivity index (χ3v) is 4.04. The zero-order valence-electron chi connectivity index (χ0n) is 8.78. The summed E-state index contributed by atoms with van der Waals surface area (Å²) in [5.41, 5.74) is 0.928. The molecule has 0 radical (unpaired) electrons. The third-order valence-electron chi connectivity index (χ3n) is 2.79. The van der Waals surface area contributed by atoms with Gasteiger partial charge in [0.05, 0.1) is 0 Å². The molecular formula is C11H14NO3P. The summed E-state index contributed by atoms with van der Waals surface area (Å²) in [6, 6.07) is 7.34. The average molecular weight is 239 g/mol. The summed E-state index contributed by atoms with van der Waals surface area (Å²) in [5.74, 6) is 0. The van der Waals surface area contributed by atoms with Gasteiger partial charge in [0.1, 0.15) is 5.66 Å². The summed E-state index contributed by atoms with van der Waals surface area (Å²) in [4.78, 5) is 20.6. The molecule has 1 atom stereocenters. The van der Waals surface area contributed by atoms with Crippen molar-refractivity contribution in [3.8, 4) is 0 Å². The molecule has 0 spiro atoms. The van der Waals surface area contributed by atoms with Gasteiger partial charge in [-0.25, -0.2) is 0 Å². The Labute approximate surface area is 94.4 Å². The molecule has 0 amide bonds. The predicted molar refractivity (Wildman–Crippen MR) is 63.6 cm³/mol. The molecule has 1 unspecified atom stereocenters. The number of para-hydroxylation sites is 1. The zero-order chi connectivity index (χ0) is 11.8. The van der Waals surface area contributed by atoms with Crippen molar-refractivity contribution >= 4 is 13.3 Å². The first-order valence-corrected chi connectivity index (χ1v) is 6.72. The SMILES string of the molecule is C=CCN1CC(P(=O)(O)O)c2ccccc21. The highest BCUT2D eigenvalue weighted by atomic mass is 31.2. The van der Waals surface area contributed by atoms with Crippen LogP contribution >= 0.6 is 7.60 Å². The van der Waals surface area contributed by atoms with Crippen LogP contribution in [0, 0.1) is 0 Å². The fraction of sp³-hybridized carbons (Fsp3) is 0.273. The van der Waals surface area contributed by atoms with E-state index in [9.17, 15) is 14.4 Å². The number of benzene rings is 1. The third kappa shape index (κ3) is 1.92. The molecule has 1 aliphatic rings. The van der Waals surface area contributed by atoms with Crippen LogP contribution in [-0.4, -0.2) is 22.9 Å². The summed E-state index contributed by atoms with van der Waals surface area (Å²) < 4.78 is 11.4. The van der Waals surface area contributed by atoms with Crippen molar-refractivity contribution in [2.75, 3.05) is 18.0 Å². The second kappa shape index (κ2) is 4.06. The van der Waals surface area contributed by atoms with Gasteiger partial charge in [0.2, 0.25) is 0 Å². The molecule has 1 aliphatic heterocycles. The van der Waals surface area contributed by atoms with Gasteiger partial charge in [0.15, 0.2) is 0 Å². The molecule has 86 valence electrons. The minimum Gasteiger partial charge on any atom is -0.366 e. The van der Waals surface area contributed by atoms with Gasteiger partial charge < -0.3 is 14.7 Å². The highest BCUT2D eigenvalue weighted by molar-refractivity contribution is 7.52. The lowest BCUT2D eigenvalue weighted by atomic mass is 10.2. The number of nitrogens with zero attached hydrogens (tertiary/aromatic N) is 1. The van der Waals surface area contributed by atoms with E-state index in [0.29, 0.717) is 13.1 Å². The van der Waals surface area contributed by atoms with Crippen molar-refractivity contribution in [2.24, 2.45) is 0 Å². The molecule has 16 heavy (non-hydrogen) atoms. The Balaban J connectivity index is 2.43. The number of hydrogen-bond donors (Lipinski definition) is 2. The largest absolute Gasteiger partial charge is 0.366 e. The van der Waals surface area contributed by atoms with Crippen LogP contribution in [0.25, 0.3) is 0 Å². The number of anilines is 1. The van der Waals surface area contributed by atoms with Gasteiger partial charge in [0, 0.05) is 18.8 Å². The van der Waals surface area contributed by atoms with E-state index in [1.807, 2.05) is 17.0 Å². The summed E-state index contributed by atoms with van der Waals surface area (Å²) in [7, 11) is -4.08. The van der Waals surface area contributed by atoms with E-state index in [1.165, 1.54) is 0 Å². The molecule has 2 rings (SSSR count). The summed E-state index contributed by atoms with van der Waals surface area (Å²) in [6.07, 6.45) is 1.73. The molecule has 1 heterocycles. The van der Waals surface area contributed by atoms with Crippen LogP contribution in [0.5, 0.6) is 0 Å². The van der Waals surface area contributed by atoms with Gasteiger partial charge in [-0.15, -0.1) is 6.58 Å². The van der Waals surface area contributed by atoms with Gasteiger partial charge >= 0.3 is 7.60 Å². The molecular weight excluding hydrogens is 225 g/mol. The molecule has 0 aliphatic carbocycles. The quantitative estimate of drug-likeness (QED) is 0.624. The van der Waals surface area contributed by atoms with Gasteiger partial charge in [-0.3, -0.25) is 4.57 Å². The fourth-order valence-corrected chi connectivity index (χ4v) is 3.07. The molecule has 1 aromatic rings. The lowest BCUT2D eigenvalue weighted by Crippen LogP contribution is -2.21. The number of hydrogen-bond acceptors (Lipinski definition) is 2. The molecule has 0 fully saturated rings. The van der Waals surface area contributed by atoms with Gasteiger partial charge in [0.25, 0.3) is 0 Å². The van der Waals surface area contributed by atoms with Crippen molar-refractivity contribution in [2.45, 2.75) is 5.66 Å². The second-order valence-corrected chi connectivity index (χ2v) is 5.66. The molecule has 0 aromatic heterocycles. The zero-order valence-corrected chi connectivity index (χ0v) is 9.68. The summed E-state index contributed by atoms with van der Waals surface area (Å²) in [5, 5.41) is 0. The van der Waals surface area contributed by atoms with E-state index < -0.39 is 13.3 Å². The summed E-state index contributed by atoms with van der Waals surface area (Å²) >= 11 is 0. The van der Waals surface area contributed by atoms with E-state index >= 15 is 0 Å². The lowest BCUT2D eigenvalue weighted by Gasteiger charge is -2.17. The Morgan fingerprint density at radius 1 is 1.50 bits per heavy atom. The van der Waals surface area contributed by atoms with E-state index in [0.717, 1.165) is 11.3 Å². The molecule has 4 nitrogen and oxygen atoms in total. The van der Waals surface area contributed by atoms with Crippen LogP contribution in [0.1, 0.15) is 11.2 Å². The van der Waals surface area contributed by atoms with Crippen molar-refractivity contribution in [3.63, 3.8) is 0 Å². The van der Waals surface area contributed by atoms with Crippen LogP contribution in [0.15, 0.2) is 36.9 Å². The first kappa shape index (κ1) is 11.4. The maximum atomic E-state index is 11.4. The highest BCUT2D eigenvalue weighted by Gasteiger charge is 2.39. The lowest BCUT2D eigenvalue weighted by molar-refractivity contribution is 0.360. The monoisotopic (exact) mass is 239 g/mol. The van der Waals surface area contributed by atoms with Gasteiger partial charge in [-0.2, -0.15) is 0 Å². The Morgan fingerprint density at radius 3 is 2.81 bits per heavy atom. The molecule has 2 N–H and O–H groups in total. The summed E-state index contributed by atoms with van der Waals surface area (Å²) in [6.45, 7) is 4.61. The van der Waals surface area contributed by atoms with Crippen LogP contribution in [0.4, 0.5) is 5.69 Å². The molecule has 0 saturated carbocycles. The topological polar surface area (TPSA) is 60.8 Å².